The van der Waals surface area contributed by atoms with E-state index in [-0.39, 0.29) is 18.0 Å². The predicted molar refractivity (Wildman–Crippen MR) is 69.4 cm³/mol. The van der Waals surface area contributed by atoms with Crippen LogP contribution in [0.4, 0.5) is 0 Å². The number of carboxylic acid groups (broad SMARTS) is 1. The second-order valence-corrected chi connectivity index (χ2v) is 6.22. The molecular formula is C12H14N2O5S. The number of carboxylic acids is 1. The van der Waals surface area contributed by atoms with Gasteiger partial charge < -0.3 is 10.4 Å². The van der Waals surface area contributed by atoms with E-state index in [1.807, 2.05) is 0 Å². The first-order valence-corrected chi connectivity index (χ1v) is 7.43. The Morgan fingerprint density at radius 1 is 1.35 bits per heavy atom. The first-order valence-electron chi connectivity index (χ1n) is 5.99. The summed E-state index contributed by atoms with van der Waals surface area (Å²) >= 11 is 0. The first-order chi connectivity index (χ1) is 9.43. The molecule has 1 amide bonds. The lowest BCUT2D eigenvalue weighted by Gasteiger charge is -2.33. The summed E-state index contributed by atoms with van der Waals surface area (Å²) in [5, 5.41) is 11.3. The number of amides is 1. The van der Waals surface area contributed by atoms with Crippen LogP contribution in [-0.2, 0) is 19.6 Å². The molecule has 1 aromatic rings. The van der Waals surface area contributed by atoms with E-state index < -0.39 is 34.4 Å². The van der Waals surface area contributed by atoms with Crippen LogP contribution in [-0.4, -0.2) is 48.8 Å². The highest BCUT2D eigenvalue weighted by molar-refractivity contribution is 7.89. The molecular weight excluding hydrogens is 284 g/mol. The van der Waals surface area contributed by atoms with Gasteiger partial charge in [-0.1, -0.05) is 18.2 Å². The van der Waals surface area contributed by atoms with E-state index in [1.165, 1.54) is 12.1 Å². The molecule has 1 aromatic carbocycles. The summed E-state index contributed by atoms with van der Waals surface area (Å²) in [5.74, 6) is -1.81. The molecule has 0 unspecified atom stereocenters. The molecule has 1 heterocycles. The van der Waals surface area contributed by atoms with Crippen molar-refractivity contribution in [2.45, 2.75) is 17.4 Å². The minimum atomic E-state index is -3.88. The van der Waals surface area contributed by atoms with Gasteiger partial charge in [0.25, 0.3) is 0 Å². The number of benzene rings is 1. The molecule has 20 heavy (non-hydrogen) atoms. The van der Waals surface area contributed by atoms with Crippen molar-refractivity contribution < 1.29 is 23.1 Å². The van der Waals surface area contributed by atoms with E-state index in [0.29, 0.717) is 0 Å². The Hall–Kier alpha value is -1.93. The molecule has 2 N–H and O–H groups in total. The van der Waals surface area contributed by atoms with E-state index >= 15 is 0 Å². The number of aliphatic carboxylic acids is 1. The minimum absolute atomic E-state index is 0.0464. The van der Waals surface area contributed by atoms with Gasteiger partial charge in [-0.25, -0.2) is 8.42 Å². The summed E-state index contributed by atoms with van der Waals surface area (Å²) in [6, 6.07) is 6.44. The van der Waals surface area contributed by atoms with E-state index in [2.05, 4.69) is 5.32 Å². The van der Waals surface area contributed by atoms with Crippen molar-refractivity contribution in [1.29, 1.82) is 0 Å². The highest BCUT2D eigenvalue weighted by atomic mass is 32.2. The van der Waals surface area contributed by atoms with Gasteiger partial charge >= 0.3 is 5.97 Å². The molecule has 0 spiro atoms. The lowest BCUT2D eigenvalue weighted by atomic mass is 10.1. The molecule has 1 aliphatic rings. The second kappa shape index (κ2) is 5.59. The molecule has 0 aliphatic carbocycles. The summed E-state index contributed by atoms with van der Waals surface area (Å²) in [6.45, 7) is 0.224. The fourth-order valence-electron chi connectivity index (χ4n) is 2.07. The van der Waals surface area contributed by atoms with E-state index in [0.717, 1.165) is 4.31 Å². The molecule has 0 radical (unpaired) electrons. The minimum Gasteiger partial charge on any atom is -0.481 e. The van der Waals surface area contributed by atoms with Gasteiger partial charge in [0.2, 0.25) is 15.9 Å². The monoisotopic (exact) mass is 298 g/mol. The Labute approximate surface area is 116 Å². The van der Waals surface area contributed by atoms with E-state index in [4.69, 9.17) is 5.11 Å². The average Bonchev–Trinajstić information content (AvgIpc) is 2.41. The maximum atomic E-state index is 12.5. The van der Waals surface area contributed by atoms with Gasteiger partial charge in [0.05, 0.1) is 11.3 Å². The molecule has 1 saturated heterocycles. The maximum absolute atomic E-state index is 12.5. The molecule has 0 bridgehead atoms. The highest BCUT2D eigenvalue weighted by Crippen LogP contribution is 2.21. The number of sulfonamides is 1. The first kappa shape index (κ1) is 14.5. The Kier molecular flexibility index (Phi) is 4.05. The van der Waals surface area contributed by atoms with Crippen molar-refractivity contribution in [3.8, 4) is 0 Å². The number of nitrogens with zero attached hydrogens (tertiary/aromatic N) is 1. The van der Waals surface area contributed by atoms with Gasteiger partial charge in [-0.05, 0) is 12.1 Å². The normalized spacial score (nSPS) is 20.4. The van der Waals surface area contributed by atoms with Crippen molar-refractivity contribution in [2.75, 3.05) is 13.1 Å². The van der Waals surface area contributed by atoms with Crippen LogP contribution in [0.25, 0.3) is 0 Å². The largest absolute Gasteiger partial charge is 0.481 e. The van der Waals surface area contributed by atoms with Gasteiger partial charge in [0.1, 0.15) is 6.04 Å². The number of hydrogen-bond acceptors (Lipinski definition) is 4. The van der Waals surface area contributed by atoms with Crippen LogP contribution in [0.3, 0.4) is 0 Å². The van der Waals surface area contributed by atoms with Gasteiger partial charge in [0.15, 0.2) is 0 Å². The molecule has 0 saturated carbocycles. The van der Waals surface area contributed by atoms with Crippen LogP contribution in [0.2, 0.25) is 0 Å². The average molecular weight is 298 g/mol. The molecule has 1 atom stereocenters. The third-order valence-electron chi connectivity index (χ3n) is 3.00. The topological polar surface area (TPSA) is 104 Å². The lowest BCUT2D eigenvalue weighted by Crippen LogP contribution is -2.57. The summed E-state index contributed by atoms with van der Waals surface area (Å²) in [7, 11) is -3.88. The fraction of sp³-hybridized carbons (Fsp3) is 0.333. The summed E-state index contributed by atoms with van der Waals surface area (Å²) in [4.78, 5) is 22.6. The second-order valence-electron chi connectivity index (χ2n) is 4.33. The number of carbonyl (C=O) groups is 2. The van der Waals surface area contributed by atoms with E-state index in [1.54, 1.807) is 18.2 Å². The van der Waals surface area contributed by atoms with E-state index in [9.17, 15) is 18.0 Å². The molecule has 0 aromatic heterocycles. The van der Waals surface area contributed by atoms with Gasteiger partial charge in [-0.15, -0.1) is 0 Å². The van der Waals surface area contributed by atoms with Gasteiger partial charge in [0, 0.05) is 13.1 Å². The predicted octanol–water partition coefficient (Wildman–Crippen LogP) is -0.350. The van der Waals surface area contributed by atoms with Crippen LogP contribution in [0.5, 0.6) is 0 Å². The van der Waals surface area contributed by atoms with Crippen molar-refractivity contribution in [3.63, 3.8) is 0 Å². The Morgan fingerprint density at radius 3 is 2.60 bits per heavy atom. The van der Waals surface area contributed by atoms with Gasteiger partial charge in [-0.2, -0.15) is 4.31 Å². The molecule has 108 valence electrons. The smallest absolute Gasteiger partial charge is 0.305 e. The molecule has 1 fully saturated rings. The molecule has 7 nitrogen and oxygen atoms in total. The molecule has 8 heteroatoms. The zero-order valence-electron chi connectivity index (χ0n) is 10.5. The summed E-state index contributed by atoms with van der Waals surface area (Å²) in [5.41, 5.74) is 0. The zero-order valence-corrected chi connectivity index (χ0v) is 11.3. The van der Waals surface area contributed by atoms with Crippen LogP contribution in [0.1, 0.15) is 6.42 Å². The SMILES string of the molecule is O=C(O)C[C@@H]1C(=O)NCCN1S(=O)(=O)c1ccccc1. The van der Waals surface area contributed by atoms with Gasteiger partial charge in [-0.3, -0.25) is 9.59 Å². The van der Waals surface area contributed by atoms with Crippen LogP contribution in [0.15, 0.2) is 35.2 Å². The number of piperazine rings is 1. The van der Waals surface area contributed by atoms with Crippen molar-refractivity contribution in [2.24, 2.45) is 0 Å². The third-order valence-corrected chi connectivity index (χ3v) is 4.92. The van der Waals surface area contributed by atoms with Crippen LogP contribution < -0.4 is 5.32 Å². The van der Waals surface area contributed by atoms with Crippen LogP contribution in [0, 0.1) is 0 Å². The van der Waals surface area contributed by atoms with Crippen molar-refractivity contribution >= 4 is 21.9 Å². The number of nitrogens with one attached hydrogen (secondary N) is 1. The lowest BCUT2D eigenvalue weighted by molar-refractivity contribution is -0.141. The zero-order chi connectivity index (χ0) is 14.8. The number of hydrogen-bond donors (Lipinski definition) is 2. The summed E-state index contributed by atoms with van der Waals surface area (Å²) < 4.78 is 25.9. The standard InChI is InChI=1S/C12H14N2O5S/c15-11(16)8-10-12(17)13-6-7-14(10)20(18,19)9-4-2-1-3-5-9/h1-5,10H,6-8H2,(H,13,17)(H,15,16)/t10-/m1/s1. The Morgan fingerprint density at radius 2 is 2.00 bits per heavy atom. The third kappa shape index (κ3) is 2.81. The summed E-state index contributed by atoms with van der Waals surface area (Å²) in [6.07, 6.45) is -0.558. The van der Waals surface area contributed by atoms with Crippen molar-refractivity contribution in [1.82, 2.24) is 9.62 Å². The molecule has 2 rings (SSSR count). The highest BCUT2D eigenvalue weighted by Gasteiger charge is 2.39. The fourth-order valence-corrected chi connectivity index (χ4v) is 3.68. The van der Waals surface area contributed by atoms with Crippen LogP contribution >= 0.6 is 0 Å². The molecule has 1 aliphatic heterocycles. The van der Waals surface area contributed by atoms with Crippen molar-refractivity contribution in [3.05, 3.63) is 30.3 Å². The maximum Gasteiger partial charge on any atom is 0.305 e. The Balaban J connectivity index is 2.37. The Bertz CT molecular complexity index is 614. The number of carbonyl (C=O) groups excluding carboxylic acids is 1. The number of rotatable bonds is 4. The quantitative estimate of drug-likeness (QED) is 0.791.